The molecule has 2 aromatic carbocycles. The van der Waals surface area contributed by atoms with Crippen LogP contribution in [0.4, 0.5) is 0 Å². The second kappa shape index (κ2) is 11.1. The first-order valence-corrected chi connectivity index (χ1v) is 15.1. The summed E-state index contributed by atoms with van der Waals surface area (Å²) in [6, 6.07) is 8.52. The van der Waals surface area contributed by atoms with Crippen LogP contribution in [0, 0.1) is 13.8 Å². The van der Waals surface area contributed by atoms with E-state index in [-0.39, 0.29) is 21.7 Å². The van der Waals surface area contributed by atoms with Gasteiger partial charge in [0.05, 0.1) is 0 Å². The Hall–Kier alpha value is -1.22. The highest BCUT2D eigenvalue weighted by molar-refractivity contribution is 7.55. The molecule has 0 aliphatic carbocycles. The average molecular weight is 551 g/mol. The zero-order valence-electron chi connectivity index (χ0n) is 25.3. The van der Waals surface area contributed by atoms with Gasteiger partial charge in [-0.25, -0.2) is 4.31 Å². The number of benzene rings is 2. The summed E-state index contributed by atoms with van der Waals surface area (Å²) >= 11 is 0. The van der Waals surface area contributed by atoms with E-state index in [4.69, 9.17) is 13.4 Å². The summed E-state index contributed by atoms with van der Waals surface area (Å²) in [6.07, 6.45) is 0. The minimum Gasteiger partial charge on any atom is -0.417 e. The van der Waals surface area contributed by atoms with Gasteiger partial charge in [0, 0.05) is 22.3 Å². The molecular formula is C30H48O5P2. The van der Waals surface area contributed by atoms with E-state index in [0.29, 0.717) is 11.5 Å². The van der Waals surface area contributed by atoms with E-state index in [1.165, 1.54) is 0 Å². The van der Waals surface area contributed by atoms with Crippen molar-refractivity contribution in [2.75, 3.05) is 0 Å². The lowest BCUT2D eigenvalue weighted by Gasteiger charge is -2.33. The van der Waals surface area contributed by atoms with Gasteiger partial charge in [-0.15, -0.1) is 0 Å². The number of rotatable bonds is 6. The second-order valence-corrected chi connectivity index (χ2v) is 16.1. The van der Waals surface area contributed by atoms with Crippen molar-refractivity contribution < 1.29 is 23.1 Å². The van der Waals surface area contributed by atoms with Crippen LogP contribution < -0.4 is 9.05 Å². The lowest BCUT2D eigenvalue weighted by atomic mass is 9.78. The van der Waals surface area contributed by atoms with Gasteiger partial charge in [-0.05, 0) is 35.5 Å². The predicted molar refractivity (Wildman–Crippen MR) is 158 cm³/mol. The second-order valence-electron chi connectivity index (χ2n) is 14.1. The Morgan fingerprint density at radius 3 is 0.946 bits per heavy atom. The van der Waals surface area contributed by atoms with E-state index >= 15 is 0 Å². The molecular weight excluding hydrogens is 502 g/mol. The summed E-state index contributed by atoms with van der Waals surface area (Å²) < 4.78 is 18.7. The highest BCUT2D eigenvalue weighted by Gasteiger charge is 2.35. The molecule has 0 amide bonds. The quantitative estimate of drug-likeness (QED) is 0.351. The molecule has 2 aromatic rings. The van der Waals surface area contributed by atoms with E-state index in [0.717, 1.165) is 33.4 Å². The smallest absolute Gasteiger partial charge is 0.417 e. The van der Waals surface area contributed by atoms with E-state index in [9.17, 15) is 9.79 Å². The van der Waals surface area contributed by atoms with Gasteiger partial charge < -0.3 is 18.8 Å². The lowest BCUT2D eigenvalue weighted by Crippen LogP contribution is -2.21. The molecule has 2 N–H and O–H groups in total. The predicted octanol–water partition coefficient (Wildman–Crippen LogP) is 9.41. The van der Waals surface area contributed by atoms with Crippen molar-refractivity contribution in [3.63, 3.8) is 0 Å². The van der Waals surface area contributed by atoms with E-state index < -0.39 is 17.2 Å². The van der Waals surface area contributed by atoms with Crippen molar-refractivity contribution in [3.05, 3.63) is 57.6 Å². The standard InChI is InChI=1S/C30H48O5P2/c1-19-15-21(27(3,4)5)25(22(16-19)28(6,7)8)33-37(35-36(31)32)34-26-23(29(9,10)11)17-20(2)18-24(26)30(12,13)14/h15-18,31-32H,1-14H3. The van der Waals surface area contributed by atoms with Gasteiger partial charge in [0.2, 0.25) is 0 Å². The number of hydrogen-bond donors (Lipinski definition) is 2. The average Bonchev–Trinajstić information content (AvgIpc) is 2.66. The Bertz CT molecular complexity index is 943. The van der Waals surface area contributed by atoms with E-state index in [1.807, 2.05) is 0 Å². The molecule has 0 heterocycles. The molecule has 37 heavy (non-hydrogen) atoms. The Balaban J connectivity index is 2.80. The molecule has 2 rings (SSSR count). The molecule has 0 spiro atoms. The summed E-state index contributed by atoms with van der Waals surface area (Å²) in [5, 5.41) is 0. The fourth-order valence-electron chi connectivity index (χ4n) is 4.23. The van der Waals surface area contributed by atoms with Crippen LogP contribution in [-0.2, 0) is 26.0 Å². The van der Waals surface area contributed by atoms with Crippen LogP contribution >= 0.6 is 17.2 Å². The fourth-order valence-corrected chi connectivity index (χ4v) is 5.70. The summed E-state index contributed by atoms with van der Waals surface area (Å²) in [5.41, 5.74) is 5.49. The van der Waals surface area contributed by atoms with E-state index in [2.05, 4.69) is 121 Å². The third-order valence-electron chi connectivity index (χ3n) is 6.17. The SMILES string of the molecule is Cc1cc(C(C)(C)C)c(OP(Oc2c(C(C)(C)C)cc(C)cc2C(C)(C)C)OP(O)O)c(C(C)(C)C)c1. The first-order chi connectivity index (χ1) is 16.5. The molecule has 7 heteroatoms. The molecule has 0 atom stereocenters. The Labute approximate surface area is 228 Å². The third-order valence-corrected chi connectivity index (χ3v) is 7.95. The molecule has 0 saturated carbocycles. The lowest BCUT2D eigenvalue weighted by molar-refractivity contribution is 0.324. The van der Waals surface area contributed by atoms with Crippen molar-refractivity contribution in [2.45, 2.75) is 119 Å². The topological polar surface area (TPSA) is 68.2 Å². The molecule has 0 unspecified atom stereocenters. The van der Waals surface area contributed by atoms with Gasteiger partial charge in [0.25, 0.3) is 0 Å². The zero-order valence-corrected chi connectivity index (χ0v) is 27.1. The molecule has 0 saturated heterocycles. The molecule has 5 nitrogen and oxygen atoms in total. The van der Waals surface area contributed by atoms with Gasteiger partial charge in [-0.2, -0.15) is 0 Å². The Morgan fingerprint density at radius 2 is 0.757 bits per heavy atom. The van der Waals surface area contributed by atoms with Crippen molar-refractivity contribution in [3.8, 4) is 11.5 Å². The first kappa shape index (κ1) is 32.0. The van der Waals surface area contributed by atoms with Crippen molar-refractivity contribution in [2.24, 2.45) is 0 Å². The van der Waals surface area contributed by atoms with Crippen LogP contribution in [0.25, 0.3) is 0 Å². The van der Waals surface area contributed by atoms with E-state index in [1.54, 1.807) is 0 Å². The molecule has 208 valence electrons. The fraction of sp³-hybridized carbons (Fsp3) is 0.600. The molecule has 0 fully saturated rings. The minimum atomic E-state index is -2.72. The third kappa shape index (κ3) is 8.38. The van der Waals surface area contributed by atoms with Gasteiger partial charge in [0.1, 0.15) is 11.5 Å². The maximum Gasteiger partial charge on any atom is 0.470 e. The zero-order chi connectivity index (χ0) is 28.7. The van der Waals surface area contributed by atoms with Crippen molar-refractivity contribution in [1.82, 2.24) is 0 Å². The van der Waals surface area contributed by atoms with Crippen LogP contribution in [-0.4, -0.2) is 9.79 Å². The van der Waals surface area contributed by atoms with Gasteiger partial charge in [0.15, 0.2) is 0 Å². The summed E-state index contributed by atoms with van der Waals surface area (Å²) in [4.78, 5) is 19.9. The van der Waals surface area contributed by atoms with Gasteiger partial charge in [-0.1, -0.05) is 118 Å². The van der Waals surface area contributed by atoms with Crippen LogP contribution in [0.2, 0.25) is 0 Å². The molecule has 0 aliphatic heterocycles. The molecule has 0 aliphatic rings. The normalized spacial score (nSPS) is 13.5. The van der Waals surface area contributed by atoms with Gasteiger partial charge in [-0.3, -0.25) is 0 Å². The Kier molecular flexibility index (Phi) is 9.60. The molecule has 0 bridgehead atoms. The summed E-state index contributed by atoms with van der Waals surface area (Å²) in [7, 11) is -4.91. The highest BCUT2D eigenvalue weighted by Crippen LogP contribution is 2.56. The van der Waals surface area contributed by atoms with Gasteiger partial charge >= 0.3 is 17.2 Å². The Morgan fingerprint density at radius 1 is 0.514 bits per heavy atom. The first-order valence-electron chi connectivity index (χ1n) is 12.8. The number of aryl methyl sites for hydroxylation is 2. The maximum atomic E-state index is 9.94. The minimum absolute atomic E-state index is 0.220. The molecule has 0 radical (unpaired) electrons. The van der Waals surface area contributed by atoms with Crippen LogP contribution in [0.5, 0.6) is 11.5 Å². The highest BCUT2D eigenvalue weighted by atomic mass is 31.2. The van der Waals surface area contributed by atoms with Crippen LogP contribution in [0.1, 0.15) is 116 Å². The monoisotopic (exact) mass is 550 g/mol. The maximum absolute atomic E-state index is 9.94. The summed E-state index contributed by atoms with van der Waals surface area (Å²) in [6.45, 7) is 29.9. The summed E-state index contributed by atoms with van der Waals surface area (Å²) in [5.74, 6) is 1.35. The number of hydrogen-bond acceptors (Lipinski definition) is 5. The van der Waals surface area contributed by atoms with Crippen LogP contribution in [0.3, 0.4) is 0 Å². The molecule has 0 aromatic heterocycles. The van der Waals surface area contributed by atoms with Crippen molar-refractivity contribution >= 4 is 17.2 Å². The van der Waals surface area contributed by atoms with Crippen LogP contribution in [0.15, 0.2) is 24.3 Å². The van der Waals surface area contributed by atoms with Crippen molar-refractivity contribution in [1.29, 1.82) is 0 Å². The largest absolute Gasteiger partial charge is 0.470 e.